The fourth-order valence-corrected chi connectivity index (χ4v) is 6.21. The molecule has 1 amide bonds. The van der Waals surface area contributed by atoms with Gasteiger partial charge in [0.15, 0.2) is 23.1 Å². The van der Waals surface area contributed by atoms with Crippen LogP contribution in [0.2, 0.25) is 0 Å². The zero-order valence-corrected chi connectivity index (χ0v) is 27.1. The van der Waals surface area contributed by atoms with E-state index >= 15 is 4.39 Å². The molecule has 4 aromatic rings. The number of benzene rings is 3. The minimum absolute atomic E-state index is 0.0353. The number of thiocarbonyl (C=S) groups is 1. The highest BCUT2D eigenvalue weighted by atomic mass is 32.1. The molecule has 252 valence electrons. The smallest absolute Gasteiger partial charge is 0.417 e. The Kier molecular flexibility index (Phi) is 8.72. The molecule has 15 heteroatoms. The average molecular weight is 694 g/mol. The van der Waals surface area contributed by atoms with Gasteiger partial charge in [-0.15, -0.1) is 0 Å². The Morgan fingerprint density at radius 2 is 1.80 bits per heavy atom. The predicted molar refractivity (Wildman–Crippen MR) is 173 cm³/mol. The summed E-state index contributed by atoms with van der Waals surface area (Å²) in [7, 11) is 0. The van der Waals surface area contributed by atoms with Gasteiger partial charge >= 0.3 is 12.1 Å². The van der Waals surface area contributed by atoms with Crippen LogP contribution < -0.4 is 14.5 Å². The Labute approximate surface area is 282 Å². The van der Waals surface area contributed by atoms with Crippen molar-refractivity contribution >= 4 is 51.5 Å². The highest BCUT2D eigenvalue weighted by Gasteiger charge is 2.51. The predicted octanol–water partition coefficient (Wildman–Crippen LogP) is 6.14. The first kappa shape index (κ1) is 33.7. The van der Waals surface area contributed by atoms with E-state index in [4.69, 9.17) is 26.4 Å². The lowest BCUT2D eigenvalue weighted by Gasteiger charge is -2.30. The normalized spacial score (nSPS) is 19.0. The molecule has 0 aliphatic carbocycles. The van der Waals surface area contributed by atoms with Crippen LogP contribution in [0.25, 0.3) is 10.9 Å². The van der Waals surface area contributed by atoms with Crippen molar-refractivity contribution in [2.75, 3.05) is 23.0 Å². The van der Waals surface area contributed by atoms with E-state index in [-0.39, 0.29) is 52.3 Å². The molecule has 1 unspecified atom stereocenters. The lowest BCUT2D eigenvalue weighted by Crippen LogP contribution is -2.44. The fourth-order valence-electron chi connectivity index (χ4n) is 5.69. The summed E-state index contributed by atoms with van der Waals surface area (Å²) in [5.74, 6) is -1.83. The van der Waals surface area contributed by atoms with Crippen molar-refractivity contribution in [3.05, 3.63) is 89.0 Å². The van der Waals surface area contributed by atoms with E-state index in [2.05, 4.69) is 9.97 Å². The maximum Gasteiger partial charge on any atom is 0.417 e. The van der Waals surface area contributed by atoms with Gasteiger partial charge in [0.25, 0.3) is 5.91 Å². The number of fused-ring (bicyclic) bond motifs is 1. The van der Waals surface area contributed by atoms with Crippen LogP contribution in [-0.2, 0) is 26.9 Å². The maximum absolute atomic E-state index is 15.9. The van der Waals surface area contributed by atoms with Gasteiger partial charge in [-0.05, 0) is 68.5 Å². The summed E-state index contributed by atoms with van der Waals surface area (Å²) >= 11 is 5.63. The number of anilines is 2. The minimum Gasteiger partial charge on any atom is -0.467 e. The van der Waals surface area contributed by atoms with Gasteiger partial charge in [-0.1, -0.05) is 25.1 Å². The first-order chi connectivity index (χ1) is 23.2. The van der Waals surface area contributed by atoms with Crippen molar-refractivity contribution < 1.29 is 41.4 Å². The van der Waals surface area contributed by atoms with Crippen molar-refractivity contribution in [3.63, 3.8) is 0 Å². The third-order valence-corrected chi connectivity index (χ3v) is 8.55. The van der Waals surface area contributed by atoms with E-state index in [9.17, 15) is 28.0 Å². The van der Waals surface area contributed by atoms with Crippen molar-refractivity contribution in [2.45, 2.75) is 51.1 Å². The molecule has 6 rings (SSSR count). The number of hydrogen-bond acceptors (Lipinski definition) is 9. The molecule has 49 heavy (non-hydrogen) atoms. The highest BCUT2D eigenvalue weighted by molar-refractivity contribution is 7.81. The number of esters is 1. The van der Waals surface area contributed by atoms with Crippen LogP contribution >= 0.6 is 12.2 Å². The summed E-state index contributed by atoms with van der Waals surface area (Å²) in [4.78, 5) is 37.6. The van der Waals surface area contributed by atoms with Crippen LogP contribution in [-0.4, -0.2) is 57.9 Å². The van der Waals surface area contributed by atoms with Crippen LogP contribution in [0.15, 0.2) is 60.7 Å². The van der Waals surface area contributed by atoms with E-state index in [0.717, 1.165) is 17.0 Å². The number of carbonyl (C=O) groups excluding carboxylic acids is 2. The second-order valence-corrected chi connectivity index (χ2v) is 12.1. The molecular formula is C34H27F4N5O5S. The molecule has 3 heterocycles. The Morgan fingerprint density at radius 1 is 1.08 bits per heavy atom. The summed E-state index contributed by atoms with van der Waals surface area (Å²) in [6.07, 6.45) is -6.18. The van der Waals surface area contributed by atoms with Gasteiger partial charge in [0, 0.05) is 12.1 Å². The van der Waals surface area contributed by atoms with Gasteiger partial charge in [-0.25, -0.2) is 14.2 Å². The summed E-state index contributed by atoms with van der Waals surface area (Å²) in [6.45, 7) is 4.85. The first-order valence-electron chi connectivity index (χ1n) is 15.0. The molecule has 0 bridgehead atoms. The number of amides is 1. The summed E-state index contributed by atoms with van der Waals surface area (Å²) < 4.78 is 74.8. The van der Waals surface area contributed by atoms with Crippen molar-refractivity contribution in [1.82, 2.24) is 9.97 Å². The summed E-state index contributed by atoms with van der Waals surface area (Å²) in [6, 6.07) is 15.3. The Hall–Kier alpha value is -5.20. The van der Waals surface area contributed by atoms with Crippen LogP contribution in [0.1, 0.15) is 48.1 Å². The highest BCUT2D eigenvalue weighted by Crippen LogP contribution is 2.41. The van der Waals surface area contributed by atoms with Gasteiger partial charge in [-0.3, -0.25) is 9.69 Å². The third-order valence-electron chi connectivity index (χ3n) is 8.19. The van der Waals surface area contributed by atoms with Crippen molar-refractivity contribution in [2.24, 2.45) is 0 Å². The second-order valence-electron chi connectivity index (χ2n) is 11.8. The third kappa shape index (κ3) is 6.13. The van der Waals surface area contributed by atoms with Gasteiger partial charge in [0.05, 0.1) is 47.0 Å². The van der Waals surface area contributed by atoms with Crippen LogP contribution in [0.5, 0.6) is 5.88 Å². The molecule has 0 saturated carbocycles. The molecule has 1 aromatic heterocycles. The average Bonchev–Trinajstić information content (AvgIpc) is 3.57. The number of carbonyl (C=O) groups is 2. The number of aromatic nitrogens is 2. The topological polar surface area (TPSA) is 118 Å². The molecule has 3 aromatic carbocycles. The van der Waals surface area contributed by atoms with Crippen LogP contribution in [0.4, 0.5) is 28.9 Å². The molecule has 2 atom stereocenters. The number of halogens is 4. The van der Waals surface area contributed by atoms with Gasteiger partial charge in [0.2, 0.25) is 5.88 Å². The zero-order valence-electron chi connectivity index (χ0n) is 26.2. The SMILES string of the molecule is CCc1nc(O[C@@H]2COCC2OC(=O)c2ccccc2)c2cc(N3C(=S)N(c4ccc(C#N)c(C(F)(F)F)c4)C(=O)C3(C)C)cc(F)c2n1. The van der Waals surface area contributed by atoms with E-state index < -0.39 is 52.7 Å². The first-order valence-corrected chi connectivity index (χ1v) is 15.5. The second kappa shape index (κ2) is 12.7. The van der Waals surface area contributed by atoms with E-state index in [1.54, 1.807) is 37.3 Å². The van der Waals surface area contributed by atoms with Gasteiger partial charge < -0.3 is 19.1 Å². The summed E-state index contributed by atoms with van der Waals surface area (Å²) in [5, 5.41) is 9.11. The number of nitrogens with zero attached hydrogens (tertiary/aromatic N) is 5. The maximum atomic E-state index is 15.9. The monoisotopic (exact) mass is 693 g/mol. The van der Waals surface area contributed by atoms with Gasteiger partial charge in [-0.2, -0.15) is 23.4 Å². The van der Waals surface area contributed by atoms with E-state index in [1.165, 1.54) is 36.9 Å². The minimum atomic E-state index is -4.88. The number of nitriles is 1. The Bertz CT molecular complexity index is 2040. The van der Waals surface area contributed by atoms with Crippen molar-refractivity contribution in [1.29, 1.82) is 5.26 Å². The standard InChI is InChI=1S/C34H27F4N5O5S/c1-4-27-40-28-22(29(41-27)47-25-16-46-17-26(25)48-30(44)18-8-6-5-7-9-18)12-21(14-24(28)35)43-32(49)42(31(45)33(43,2)3)20-11-10-19(15-39)23(13-20)34(36,37)38/h5-14,25-26H,4,16-17H2,1-3H3/t25-,26?/m1/s1. The summed E-state index contributed by atoms with van der Waals surface area (Å²) in [5.41, 5.74) is -3.23. The zero-order chi connectivity index (χ0) is 35.2. The number of rotatable bonds is 7. The van der Waals surface area contributed by atoms with E-state index in [0.29, 0.717) is 18.1 Å². The lowest BCUT2D eigenvalue weighted by molar-refractivity contribution is -0.137. The lowest BCUT2D eigenvalue weighted by atomic mass is 10.0. The number of ether oxygens (including phenoxy) is 3. The van der Waals surface area contributed by atoms with Crippen LogP contribution in [0.3, 0.4) is 0 Å². The van der Waals surface area contributed by atoms with Crippen LogP contribution in [0, 0.1) is 17.1 Å². The quantitative estimate of drug-likeness (QED) is 0.127. The van der Waals surface area contributed by atoms with E-state index in [1.807, 2.05) is 0 Å². The molecule has 2 fully saturated rings. The Morgan fingerprint density at radius 3 is 2.47 bits per heavy atom. The molecule has 2 aliphatic heterocycles. The van der Waals surface area contributed by atoms with Gasteiger partial charge in [0.1, 0.15) is 16.9 Å². The largest absolute Gasteiger partial charge is 0.467 e. The Balaban J connectivity index is 1.38. The van der Waals surface area contributed by atoms with Crippen molar-refractivity contribution in [3.8, 4) is 11.9 Å². The molecule has 2 saturated heterocycles. The molecule has 0 radical (unpaired) electrons. The number of alkyl halides is 3. The molecule has 0 spiro atoms. The molecular weight excluding hydrogens is 666 g/mol. The molecule has 10 nitrogen and oxygen atoms in total. The molecule has 0 N–H and O–H groups in total. The molecule has 2 aliphatic rings. The number of hydrogen-bond donors (Lipinski definition) is 0. The fraction of sp³-hybridized carbons (Fsp3) is 0.294. The number of aryl methyl sites for hydroxylation is 1.